The van der Waals surface area contributed by atoms with Crippen molar-refractivity contribution in [1.29, 1.82) is 0 Å². The van der Waals surface area contributed by atoms with E-state index >= 15 is 0 Å². The molecule has 1 aliphatic rings. The molecular formula is C25H21F4NO3S. The second-order valence-corrected chi connectivity index (χ2v) is 9.24. The Labute approximate surface area is 197 Å². The molecule has 3 aromatic rings. The van der Waals surface area contributed by atoms with Gasteiger partial charge in [0.05, 0.1) is 23.1 Å². The van der Waals surface area contributed by atoms with E-state index in [9.17, 15) is 32.3 Å². The predicted molar refractivity (Wildman–Crippen MR) is 121 cm³/mol. The Morgan fingerprint density at radius 3 is 2.35 bits per heavy atom. The van der Waals surface area contributed by atoms with Crippen molar-refractivity contribution in [3.05, 3.63) is 76.9 Å². The molecule has 2 aromatic carbocycles. The van der Waals surface area contributed by atoms with Crippen LogP contribution >= 0.6 is 11.3 Å². The van der Waals surface area contributed by atoms with Crippen molar-refractivity contribution in [3.8, 4) is 10.4 Å². The van der Waals surface area contributed by atoms with Gasteiger partial charge < -0.3 is 10.4 Å². The number of hydrogen-bond donors (Lipinski definition) is 2. The maximum atomic E-state index is 14.2. The summed E-state index contributed by atoms with van der Waals surface area (Å²) in [5.41, 5.74) is 0.221. The van der Waals surface area contributed by atoms with Crippen molar-refractivity contribution in [2.75, 3.05) is 5.32 Å². The summed E-state index contributed by atoms with van der Waals surface area (Å²) in [5, 5.41) is 14.2. The van der Waals surface area contributed by atoms with Crippen LogP contribution in [0.4, 0.5) is 23.2 Å². The third-order valence-corrected chi connectivity index (χ3v) is 7.14. The molecule has 4 nitrogen and oxygen atoms in total. The zero-order valence-electron chi connectivity index (χ0n) is 17.8. The van der Waals surface area contributed by atoms with Gasteiger partial charge in [-0.25, -0.2) is 4.39 Å². The van der Waals surface area contributed by atoms with Crippen molar-refractivity contribution in [3.63, 3.8) is 0 Å². The van der Waals surface area contributed by atoms with Crippen LogP contribution in [0.2, 0.25) is 0 Å². The Morgan fingerprint density at radius 2 is 1.76 bits per heavy atom. The van der Waals surface area contributed by atoms with Gasteiger partial charge in [-0.2, -0.15) is 13.2 Å². The topological polar surface area (TPSA) is 66.4 Å². The molecule has 9 heteroatoms. The van der Waals surface area contributed by atoms with Gasteiger partial charge in [-0.1, -0.05) is 36.8 Å². The van der Waals surface area contributed by atoms with Crippen LogP contribution in [-0.4, -0.2) is 17.0 Å². The molecular weight excluding hydrogens is 470 g/mol. The minimum Gasteiger partial charge on any atom is -0.481 e. The van der Waals surface area contributed by atoms with E-state index in [1.54, 1.807) is 11.3 Å². The quantitative estimate of drug-likeness (QED) is 0.386. The highest BCUT2D eigenvalue weighted by molar-refractivity contribution is 7.13. The monoisotopic (exact) mass is 491 g/mol. The number of hydrogen-bond acceptors (Lipinski definition) is 3. The van der Waals surface area contributed by atoms with Gasteiger partial charge in [-0.15, -0.1) is 11.3 Å². The van der Waals surface area contributed by atoms with Crippen molar-refractivity contribution in [1.82, 2.24) is 0 Å². The number of carboxylic acids is 1. The Balaban J connectivity index is 1.55. The molecule has 4 rings (SSSR count). The number of carbonyl (C=O) groups excluding carboxylic acids is 1. The average Bonchev–Trinajstić information content (AvgIpc) is 3.34. The molecule has 0 spiro atoms. The minimum absolute atomic E-state index is 0.287. The number of rotatable bonds is 5. The number of nitrogens with one attached hydrogen (secondary N) is 1. The normalized spacial score (nSPS) is 20.6. The predicted octanol–water partition coefficient (Wildman–Crippen LogP) is 6.80. The third-order valence-electron chi connectivity index (χ3n) is 6.22. The van der Waals surface area contributed by atoms with Gasteiger partial charge in [0.25, 0.3) is 0 Å². The van der Waals surface area contributed by atoms with Gasteiger partial charge >= 0.3 is 12.1 Å². The number of alkyl halides is 3. The molecule has 1 saturated carbocycles. The highest BCUT2D eigenvalue weighted by Crippen LogP contribution is 2.43. The molecule has 1 heterocycles. The van der Waals surface area contributed by atoms with Gasteiger partial charge in [-0.05, 0) is 59.5 Å². The first-order valence-electron chi connectivity index (χ1n) is 10.7. The van der Waals surface area contributed by atoms with Gasteiger partial charge in [0.2, 0.25) is 5.91 Å². The highest BCUT2D eigenvalue weighted by atomic mass is 32.1. The van der Waals surface area contributed by atoms with Crippen LogP contribution < -0.4 is 5.32 Å². The molecule has 0 saturated heterocycles. The van der Waals surface area contributed by atoms with Crippen molar-refractivity contribution >= 4 is 28.9 Å². The van der Waals surface area contributed by atoms with Gasteiger partial charge in [0.15, 0.2) is 0 Å². The molecule has 0 radical (unpaired) electrons. The summed E-state index contributed by atoms with van der Waals surface area (Å²) in [4.78, 5) is 26.2. The lowest BCUT2D eigenvalue weighted by Crippen LogP contribution is -2.40. The van der Waals surface area contributed by atoms with Crippen LogP contribution in [-0.2, 0) is 15.8 Å². The zero-order valence-corrected chi connectivity index (χ0v) is 18.6. The van der Waals surface area contributed by atoms with Gasteiger partial charge in [0, 0.05) is 4.88 Å². The van der Waals surface area contributed by atoms with Crippen LogP contribution in [0, 0.1) is 17.7 Å². The van der Waals surface area contributed by atoms with E-state index in [0.717, 1.165) is 22.1 Å². The molecule has 1 amide bonds. The van der Waals surface area contributed by atoms with Crippen molar-refractivity contribution < 1.29 is 32.3 Å². The number of carbonyl (C=O) groups is 2. The molecule has 0 aliphatic heterocycles. The van der Waals surface area contributed by atoms with Gasteiger partial charge in [-0.3, -0.25) is 9.59 Å². The Kier molecular flexibility index (Phi) is 6.74. The first kappa shape index (κ1) is 23.9. The van der Waals surface area contributed by atoms with Gasteiger partial charge in [0.1, 0.15) is 5.82 Å². The summed E-state index contributed by atoms with van der Waals surface area (Å²) in [6.45, 7) is 0. The summed E-state index contributed by atoms with van der Waals surface area (Å²) >= 11 is 1.59. The van der Waals surface area contributed by atoms with Crippen LogP contribution in [0.3, 0.4) is 0 Å². The molecule has 34 heavy (non-hydrogen) atoms. The maximum Gasteiger partial charge on any atom is 0.416 e. The molecule has 1 aromatic heterocycles. The summed E-state index contributed by atoms with van der Waals surface area (Å²) in [6.07, 6.45) is -3.26. The molecule has 0 unspecified atom stereocenters. The summed E-state index contributed by atoms with van der Waals surface area (Å²) < 4.78 is 52.6. The second kappa shape index (κ2) is 9.58. The average molecular weight is 492 g/mol. The van der Waals surface area contributed by atoms with E-state index in [2.05, 4.69) is 5.32 Å². The number of halogens is 4. The smallest absolute Gasteiger partial charge is 0.416 e. The van der Waals surface area contributed by atoms with E-state index in [-0.39, 0.29) is 6.42 Å². The van der Waals surface area contributed by atoms with Crippen molar-refractivity contribution in [2.45, 2.75) is 31.4 Å². The Hall–Kier alpha value is -3.20. The molecule has 3 atom stereocenters. The Bertz CT molecular complexity index is 1180. The second-order valence-electron chi connectivity index (χ2n) is 8.29. The standard InChI is InChI=1S/C25H21F4NO3S/c26-19-13-16(25(27,28)29)10-11-20(19)30-23(31)18-4-1-3-17(22(18)24(32)33)14-6-8-15(9-7-14)21-5-2-12-34-21/h2,5-13,17-18,22H,1,3-4H2,(H,30,31)(H,32,33)/t17-,18-,22-/m1/s1. The zero-order chi connectivity index (χ0) is 24.5. The highest BCUT2D eigenvalue weighted by Gasteiger charge is 2.43. The van der Waals surface area contributed by atoms with Crippen LogP contribution in [0.25, 0.3) is 10.4 Å². The van der Waals surface area contributed by atoms with E-state index < -0.39 is 52.9 Å². The number of thiophene rings is 1. The lowest BCUT2D eigenvalue weighted by molar-refractivity contribution is -0.148. The third kappa shape index (κ3) is 4.99. The lowest BCUT2D eigenvalue weighted by atomic mass is 9.69. The van der Waals surface area contributed by atoms with E-state index in [1.165, 1.54) is 0 Å². The summed E-state index contributed by atoms with van der Waals surface area (Å²) in [7, 11) is 0. The van der Waals surface area contributed by atoms with E-state index in [0.29, 0.717) is 25.0 Å². The number of aliphatic carboxylic acids is 1. The number of anilines is 1. The van der Waals surface area contributed by atoms with Crippen LogP contribution in [0.5, 0.6) is 0 Å². The summed E-state index contributed by atoms with van der Waals surface area (Å²) in [5.74, 6) is -5.50. The van der Waals surface area contributed by atoms with Crippen LogP contribution in [0.1, 0.15) is 36.3 Å². The largest absolute Gasteiger partial charge is 0.481 e. The fourth-order valence-electron chi connectivity index (χ4n) is 4.57. The number of amides is 1. The summed E-state index contributed by atoms with van der Waals surface area (Å²) in [6, 6.07) is 13.3. The molecule has 0 bridgehead atoms. The molecule has 178 valence electrons. The van der Waals surface area contributed by atoms with E-state index in [1.807, 2.05) is 41.8 Å². The minimum atomic E-state index is -4.71. The number of carboxylic acid groups (broad SMARTS) is 1. The Morgan fingerprint density at radius 1 is 1.03 bits per heavy atom. The molecule has 2 N–H and O–H groups in total. The fourth-order valence-corrected chi connectivity index (χ4v) is 5.30. The maximum absolute atomic E-state index is 14.2. The molecule has 1 aliphatic carbocycles. The van der Waals surface area contributed by atoms with E-state index in [4.69, 9.17) is 0 Å². The SMILES string of the molecule is O=C(O)[C@@H]1[C@@H](c2ccc(-c3cccs3)cc2)CCC[C@H]1C(=O)Nc1ccc(C(F)(F)F)cc1F. The lowest BCUT2D eigenvalue weighted by Gasteiger charge is -2.35. The first-order chi connectivity index (χ1) is 16.1. The molecule has 1 fully saturated rings. The number of benzene rings is 2. The van der Waals surface area contributed by atoms with Crippen LogP contribution in [0.15, 0.2) is 60.0 Å². The van der Waals surface area contributed by atoms with Crippen molar-refractivity contribution in [2.24, 2.45) is 11.8 Å². The first-order valence-corrected chi connectivity index (χ1v) is 11.6. The fraction of sp³-hybridized carbons (Fsp3) is 0.280.